The van der Waals surface area contributed by atoms with Crippen molar-refractivity contribution < 1.29 is 9.63 Å². The quantitative estimate of drug-likeness (QED) is 0.778. The molecule has 0 spiro atoms. The molecule has 0 unspecified atom stereocenters. The van der Waals surface area contributed by atoms with Gasteiger partial charge in [-0.25, -0.2) is 0 Å². The molecule has 0 aliphatic rings. The Bertz CT molecular complexity index is 830. The molecular weight excluding hydrogens is 316 g/mol. The lowest BCUT2D eigenvalue weighted by Crippen LogP contribution is -2.31. The van der Waals surface area contributed by atoms with Crippen LogP contribution in [-0.2, 0) is 11.3 Å². The average Bonchev–Trinajstić information content (AvgIpc) is 2.94. The maximum absolute atomic E-state index is 11.9. The van der Waals surface area contributed by atoms with Gasteiger partial charge in [0.1, 0.15) is 11.0 Å². The summed E-state index contributed by atoms with van der Waals surface area (Å²) in [7, 11) is 0. The summed E-state index contributed by atoms with van der Waals surface area (Å²) in [6.07, 6.45) is 0. The number of fused-ring (bicyclic) bond motifs is 1. The Morgan fingerprint density at radius 3 is 2.83 bits per heavy atom. The summed E-state index contributed by atoms with van der Waals surface area (Å²) in [4.78, 5) is 18.4. The first-order valence-electron chi connectivity index (χ1n) is 7.08. The monoisotopic (exact) mass is 330 g/mol. The highest BCUT2D eigenvalue weighted by Gasteiger charge is 2.08. The van der Waals surface area contributed by atoms with E-state index in [2.05, 4.69) is 15.6 Å². The van der Waals surface area contributed by atoms with Crippen LogP contribution in [0.3, 0.4) is 0 Å². The third-order valence-electron chi connectivity index (χ3n) is 3.31. The summed E-state index contributed by atoms with van der Waals surface area (Å²) in [6.45, 7) is 2.31. The average molecular weight is 331 g/mol. The minimum atomic E-state index is -0.240. The number of aromatic nitrogens is 3. The van der Waals surface area contributed by atoms with Crippen LogP contribution in [0.5, 0.6) is 0 Å². The van der Waals surface area contributed by atoms with Gasteiger partial charge < -0.3 is 10.2 Å². The van der Waals surface area contributed by atoms with E-state index in [0.29, 0.717) is 22.6 Å². The Labute approximate surface area is 138 Å². The van der Waals surface area contributed by atoms with Crippen molar-refractivity contribution in [3.8, 4) is 0 Å². The minimum Gasteiger partial charge on any atom is -0.385 e. The number of rotatable bonds is 5. The van der Waals surface area contributed by atoms with Crippen LogP contribution in [0.4, 0.5) is 0 Å². The molecule has 0 fully saturated rings. The van der Waals surface area contributed by atoms with E-state index < -0.39 is 0 Å². The van der Waals surface area contributed by atoms with Crippen molar-refractivity contribution in [2.24, 2.45) is 0 Å². The maximum atomic E-state index is 11.9. The van der Waals surface area contributed by atoms with Gasteiger partial charge in [-0.3, -0.25) is 4.79 Å². The highest BCUT2D eigenvalue weighted by molar-refractivity contribution is 6.31. The molecule has 0 saturated heterocycles. The van der Waals surface area contributed by atoms with Gasteiger partial charge in [0.2, 0.25) is 0 Å². The van der Waals surface area contributed by atoms with E-state index in [1.807, 2.05) is 31.2 Å². The SMILES string of the molecule is Cc1ccc(CNC(=O)COn2nnc3ccc(Cl)cc32)cc1. The molecule has 2 aromatic carbocycles. The van der Waals surface area contributed by atoms with Crippen LogP contribution in [-0.4, -0.2) is 27.7 Å². The third kappa shape index (κ3) is 3.78. The zero-order valence-electron chi connectivity index (χ0n) is 12.5. The van der Waals surface area contributed by atoms with Crippen LogP contribution < -0.4 is 10.2 Å². The Balaban J connectivity index is 1.55. The predicted molar refractivity (Wildman–Crippen MR) is 87.0 cm³/mol. The number of benzene rings is 2. The molecule has 0 radical (unpaired) electrons. The number of halogens is 1. The van der Waals surface area contributed by atoms with E-state index in [9.17, 15) is 4.79 Å². The lowest BCUT2D eigenvalue weighted by molar-refractivity contribution is -0.126. The van der Waals surface area contributed by atoms with E-state index in [0.717, 1.165) is 5.56 Å². The molecule has 1 amide bonds. The van der Waals surface area contributed by atoms with E-state index in [1.165, 1.54) is 10.4 Å². The second kappa shape index (κ2) is 6.66. The predicted octanol–water partition coefficient (Wildman–Crippen LogP) is 2.14. The summed E-state index contributed by atoms with van der Waals surface area (Å²) in [5.41, 5.74) is 3.47. The molecule has 3 rings (SSSR count). The molecule has 118 valence electrons. The smallest absolute Gasteiger partial charge is 0.261 e. The molecule has 7 heteroatoms. The molecule has 6 nitrogen and oxygen atoms in total. The largest absolute Gasteiger partial charge is 0.385 e. The maximum Gasteiger partial charge on any atom is 0.261 e. The molecule has 0 aliphatic carbocycles. The lowest BCUT2D eigenvalue weighted by Gasteiger charge is -2.07. The van der Waals surface area contributed by atoms with Gasteiger partial charge in [0, 0.05) is 11.6 Å². The zero-order chi connectivity index (χ0) is 16.2. The summed E-state index contributed by atoms with van der Waals surface area (Å²) in [6, 6.07) is 13.1. The number of aryl methyl sites for hydroxylation is 1. The fourth-order valence-electron chi connectivity index (χ4n) is 2.04. The number of hydrogen-bond donors (Lipinski definition) is 1. The number of nitrogens with zero attached hydrogens (tertiary/aromatic N) is 3. The molecule has 3 aromatic rings. The summed E-state index contributed by atoms with van der Waals surface area (Å²) < 4.78 is 0. The van der Waals surface area contributed by atoms with Gasteiger partial charge in [-0.05, 0) is 35.9 Å². The summed E-state index contributed by atoms with van der Waals surface area (Å²) in [5.74, 6) is -0.240. The fourth-order valence-corrected chi connectivity index (χ4v) is 2.21. The van der Waals surface area contributed by atoms with Gasteiger partial charge in [-0.15, -0.1) is 5.10 Å². The number of amides is 1. The van der Waals surface area contributed by atoms with Crippen molar-refractivity contribution in [2.75, 3.05) is 6.61 Å². The number of carbonyl (C=O) groups excluding carboxylic acids is 1. The van der Waals surface area contributed by atoms with Crippen molar-refractivity contribution in [2.45, 2.75) is 13.5 Å². The topological polar surface area (TPSA) is 69.0 Å². The first-order valence-corrected chi connectivity index (χ1v) is 7.46. The van der Waals surface area contributed by atoms with Crippen LogP contribution in [0.2, 0.25) is 5.02 Å². The lowest BCUT2D eigenvalue weighted by atomic mass is 10.1. The molecule has 1 N–H and O–H groups in total. The molecule has 0 saturated carbocycles. The fraction of sp³-hybridized carbons (Fsp3) is 0.188. The van der Waals surface area contributed by atoms with Crippen LogP contribution in [0, 0.1) is 6.92 Å². The summed E-state index contributed by atoms with van der Waals surface area (Å²) >= 11 is 5.94. The van der Waals surface area contributed by atoms with Crippen molar-refractivity contribution >= 4 is 28.5 Å². The first kappa shape index (κ1) is 15.3. The second-order valence-corrected chi connectivity index (χ2v) is 5.57. The number of hydrogen-bond acceptors (Lipinski definition) is 4. The molecular formula is C16H15ClN4O2. The number of nitrogens with one attached hydrogen (secondary N) is 1. The molecule has 0 atom stereocenters. The molecule has 1 aromatic heterocycles. The van der Waals surface area contributed by atoms with Crippen molar-refractivity contribution in [3.63, 3.8) is 0 Å². The van der Waals surface area contributed by atoms with Gasteiger partial charge in [-0.2, -0.15) is 0 Å². The van der Waals surface area contributed by atoms with Crippen LogP contribution in [0.15, 0.2) is 42.5 Å². The van der Waals surface area contributed by atoms with Crippen LogP contribution >= 0.6 is 11.6 Å². The molecule has 0 bridgehead atoms. The zero-order valence-corrected chi connectivity index (χ0v) is 13.2. The van der Waals surface area contributed by atoms with Crippen molar-refractivity contribution in [3.05, 3.63) is 58.6 Å². The van der Waals surface area contributed by atoms with E-state index in [-0.39, 0.29) is 12.5 Å². The third-order valence-corrected chi connectivity index (χ3v) is 3.54. The van der Waals surface area contributed by atoms with Crippen LogP contribution in [0.25, 0.3) is 11.0 Å². The summed E-state index contributed by atoms with van der Waals surface area (Å²) in [5, 5.41) is 11.1. The standard InChI is InChI=1S/C16H15ClN4O2/c1-11-2-4-12(5-3-11)9-18-16(22)10-23-21-15-8-13(17)6-7-14(15)19-20-21/h2-8H,9-10H2,1H3,(H,18,22). The molecule has 23 heavy (non-hydrogen) atoms. The number of carbonyl (C=O) groups is 1. The van der Waals surface area contributed by atoms with Gasteiger partial charge in [0.25, 0.3) is 5.91 Å². The Morgan fingerprint density at radius 2 is 2.04 bits per heavy atom. The van der Waals surface area contributed by atoms with Gasteiger partial charge in [0.15, 0.2) is 6.61 Å². The van der Waals surface area contributed by atoms with Crippen LogP contribution in [0.1, 0.15) is 11.1 Å². The minimum absolute atomic E-state index is 0.156. The van der Waals surface area contributed by atoms with Gasteiger partial charge >= 0.3 is 0 Å². The Hall–Kier alpha value is -2.60. The first-order chi connectivity index (χ1) is 11.1. The highest BCUT2D eigenvalue weighted by Crippen LogP contribution is 2.16. The van der Waals surface area contributed by atoms with E-state index >= 15 is 0 Å². The second-order valence-electron chi connectivity index (χ2n) is 5.13. The van der Waals surface area contributed by atoms with E-state index in [1.54, 1.807) is 18.2 Å². The van der Waals surface area contributed by atoms with Gasteiger partial charge in [0.05, 0.1) is 0 Å². The normalized spacial score (nSPS) is 10.7. The van der Waals surface area contributed by atoms with Crippen molar-refractivity contribution in [1.82, 2.24) is 20.5 Å². The molecule has 0 aliphatic heterocycles. The Morgan fingerprint density at radius 1 is 1.26 bits per heavy atom. The Kier molecular flexibility index (Phi) is 4.43. The highest BCUT2D eigenvalue weighted by atomic mass is 35.5. The van der Waals surface area contributed by atoms with Gasteiger partial charge in [-0.1, -0.05) is 46.3 Å². The molecule has 1 heterocycles. The van der Waals surface area contributed by atoms with E-state index in [4.69, 9.17) is 16.4 Å². The van der Waals surface area contributed by atoms with Crippen molar-refractivity contribution in [1.29, 1.82) is 0 Å².